The first-order valence-corrected chi connectivity index (χ1v) is 7.29. The summed E-state index contributed by atoms with van der Waals surface area (Å²) in [6.45, 7) is 1.99. The van der Waals surface area contributed by atoms with Crippen molar-refractivity contribution in [1.29, 1.82) is 0 Å². The van der Waals surface area contributed by atoms with E-state index in [0.717, 1.165) is 0 Å². The fourth-order valence-corrected chi connectivity index (χ4v) is 3.11. The van der Waals surface area contributed by atoms with Gasteiger partial charge >= 0.3 is 0 Å². The minimum absolute atomic E-state index is 0.469. The van der Waals surface area contributed by atoms with Crippen LogP contribution in [0.3, 0.4) is 0 Å². The molecular weight excluding hydrogens is 208 g/mol. The fourth-order valence-electron chi connectivity index (χ4n) is 3.11. The molecule has 0 heterocycles. The van der Waals surface area contributed by atoms with E-state index >= 15 is 0 Å². The summed E-state index contributed by atoms with van der Waals surface area (Å²) in [4.78, 5) is 0. The van der Waals surface area contributed by atoms with Crippen LogP contribution in [0.2, 0.25) is 0 Å². The molecule has 1 atom stereocenters. The third-order valence-corrected chi connectivity index (χ3v) is 4.39. The molecule has 2 aliphatic carbocycles. The minimum Gasteiger partial charge on any atom is -0.386 e. The summed E-state index contributed by atoms with van der Waals surface area (Å²) in [7, 11) is 0. The zero-order valence-corrected chi connectivity index (χ0v) is 11.1. The van der Waals surface area contributed by atoms with Gasteiger partial charge in [-0.05, 0) is 51.4 Å². The average Bonchev–Trinajstić information content (AvgIpc) is 2.39. The fraction of sp³-hybridized carbons (Fsp3) is 0.750. The Bertz CT molecular complexity index is 293. The Hall–Kier alpha value is -0.560. The molecule has 0 radical (unpaired) electrons. The summed E-state index contributed by atoms with van der Waals surface area (Å²) in [5, 5.41) is 10.6. The van der Waals surface area contributed by atoms with Gasteiger partial charge in [-0.1, -0.05) is 43.1 Å². The molecule has 0 aromatic heterocycles. The Morgan fingerprint density at radius 3 is 2.59 bits per heavy atom. The summed E-state index contributed by atoms with van der Waals surface area (Å²) >= 11 is 0. The van der Waals surface area contributed by atoms with E-state index in [1.165, 1.54) is 63.4 Å². The second kappa shape index (κ2) is 5.86. The smallest absolute Gasteiger partial charge is 0.0830 e. The van der Waals surface area contributed by atoms with Gasteiger partial charge in [0.05, 0.1) is 5.60 Å². The third kappa shape index (κ3) is 3.70. The van der Waals surface area contributed by atoms with Crippen molar-refractivity contribution in [1.82, 2.24) is 0 Å². The minimum atomic E-state index is -0.599. The largest absolute Gasteiger partial charge is 0.386 e. The lowest BCUT2D eigenvalue weighted by molar-refractivity contribution is 0.0278. The topological polar surface area (TPSA) is 20.2 Å². The van der Waals surface area contributed by atoms with Crippen LogP contribution >= 0.6 is 0 Å². The van der Waals surface area contributed by atoms with Crippen LogP contribution in [0.25, 0.3) is 0 Å². The molecule has 1 heteroatoms. The second-order valence-electron chi connectivity index (χ2n) is 5.92. The maximum Gasteiger partial charge on any atom is 0.0830 e. The predicted molar refractivity (Wildman–Crippen MR) is 72.9 cm³/mol. The van der Waals surface area contributed by atoms with E-state index in [2.05, 4.69) is 18.2 Å². The molecule has 0 aromatic rings. The molecule has 0 amide bonds. The summed E-state index contributed by atoms with van der Waals surface area (Å²) < 4.78 is 0. The normalized spacial score (nSPS) is 26.8. The lowest BCUT2D eigenvalue weighted by atomic mass is 9.77. The van der Waals surface area contributed by atoms with E-state index in [4.69, 9.17) is 0 Å². The van der Waals surface area contributed by atoms with Gasteiger partial charge in [0.1, 0.15) is 0 Å². The molecule has 0 spiro atoms. The van der Waals surface area contributed by atoms with Gasteiger partial charge in [-0.2, -0.15) is 0 Å². The van der Waals surface area contributed by atoms with E-state index in [1.807, 2.05) is 6.92 Å². The van der Waals surface area contributed by atoms with Crippen LogP contribution in [0.5, 0.6) is 0 Å². The van der Waals surface area contributed by atoms with Crippen LogP contribution in [-0.2, 0) is 0 Å². The third-order valence-electron chi connectivity index (χ3n) is 4.39. The maximum absolute atomic E-state index is 10.6. The SMILES string of the molecule is CC(O)(/C=C/C1=CCCCC1)C1CCCCC1. The highest BCUT2D eigenvalue weighted by atomic mass is 16.3. The Kier molecular flexibility index (Phi) is 4.44. The highest BCUT2D eigenvalue weighted by Crippen LogP contribution is 2.34. The van der Waals surface area contributed by atoms with E-state index < -0.39 is 5.60 Å². The number of hydrogen-bond acceptors (Lipinski definition) is 1. The Morgan fingerprint density at radius 2 is 1.94 bits per heavy atom. The predicted octanol–water partition coefficient (Wildman–Crippen LogP) is 4.37. The lowest BCUT2D eigenvalue weighted by Gasteiger charge is -2.33. The monoisotopic (exact) mass is 234 g/mol. The van der Waals surface area contributed by atoms with Crippen molar-refractivity contribution in [3.63, 3.8) is 0 Å². The van der Waals surface area contributed by atoms with Crippen molar-refractivity contribution >= 4 is 0 Å². The molecule has 0 aromatic carbocycles. The van der Waals surface area contributed by atoms with Gasteiger partial charge in [0.2, 0.25) is 0 Å². The number of allylic oxidation sites excluding steroid dienone is 3. The van der Waals surface area contributed by atoms with Crippen molar-refractivity contribution in [3.05, 3.63) is 23.8 Å². The van der Waals surface area contributed by atoms with E-state index in [0.29, 0.717) is 5.92 Å². The van der Waals surface area contributed by atoms with Crippen molar-refractivity contribution in [3.8, 4) is 0 Å². The average molecular weight is 234 g/mol. The van der Waals surface area contributed by atoms with Gasteiger partial charge in [-0.3, -0.25) is 0 Å². The number of rotatable bonds is 3. The van der Waals surface area contributed by atoms with Crippen LogP contribution in [-0.4, -0.2) is 10.7 Å². The lowest BCUT2D eigenvalue weighted by Crippen LogP contribution is -2.33. The van der Waals surface area contributed by atoms with Crippen molar-refractivity contribution in [2.45, 2.75) is 70.3 Å². The first-order chi connectivity index (χ1) is 8.18. The van der Waals surface area contributed by atoms with Gasteiger partial charge in [-0.15, -0.1) is 0 Å². The quantitative estimate of drug-likeness (QED) is 0.768. The van der Waals surface area contributed by atoms with Crippen molar-refractivity contribution in [2.24, 2.45) is 5.92 Å². The molecule has 0 saturated heterocycles. The first kappa shape index (κ1) is 12.9. The van der Waals surface area contributed by atoms with Crippen molar-refractivity contribution < 1.29 is 5.11 Å². The van der Waals surface area contributed by atoms with E-state index in [-0.39, 0.29) is 0 Å². The summed E-state index contributed by atoms with van der Waals surface area (Å²) in [6.07, 6.45) is 17.9. The first-order valence-electron chi connectivity index (χ1n) is 7.29. The molecule has 2 rings (SSSR count). The maximum atomic E-state index is 10.6. The summed E-state index contributed by atoms with van der Waals surface area (Å²) in [6, 6.07) is 0. The highest BCUT2D eigenvalue weighted by Gasteiger charge is 2.30. The number of hydrogen-bond donors (Lipinski definition) is 1. The highest BCUT2D eigenvalue weighted by molar-refractivity contribution is 5.23. The molecule has 2 aliphatic rings. The van der Waals surface area contributed by atoms with Gasteiger partial charge in [-0.25, -0.2) is 0 Å². The van der Waals surface area contributed by atoms with E-state index in [9.17, 15) is 5.11 Å². The van der Waals surface area contributed by atoms with Crippen LogP contribution in [0.1, 0.15) is 64.7 Å². The zero-order valence-electron chi connectivity index (χ0n) is 11.1. The molecule has 17 heavy (non-hydrogen) atoms. The molecular formula is C16H26O. The van der Waals surface area contributed by atoms with Crippen molar-refractivity contribution in [2.75, 3.05) is 0 Å². The second-order valence-corrected chi connectivity index (χ2v) is 5.92. The van der Waals surface area contributed by atoms with Crippen LogP contribution in [0.4, 0.5) is 0 Å². The summed E-state index contributed by atoms with van der Waals surface area (Å²) in [5.41, 5.74) is 0.825. The zero-order chi connectivity index (χ0) is 12.1. The van der Waals surface area contributed by atoms with Crippen LogP contribution < -0.4 is 0 Å². The molecule has 1 nitrogen and oxygen atoms in total. The molecule has 1 fully saturated rings. The van der Waals surface area contributed by atoms with E-state index in [1.54, 1.807) is 0 Å². The Morgan fingerprint density at radius 1 is 1.18 bits per heavy atom. The molecule has 1 saturated carbocycles. The van der Waals surface area contributed by atoms with Crippen LogP contribution in [0.15, 0.2) is 23.8 Å². The van der Waals surface area contributed by atoms with Gasteiger partial charge < -0.3 is 5.11 Å². The molecule has 96 valence electrons. The van der Waals surface area contributed by atoms with Gasteiger partial charge in [0.25, 0.3) is 0 Å². The Balaban J connectivity index is 1.94. The van der Waals surface area contributed by atoms with Gasteiger partial charge in [0.15, 0.2) is 0 Å². The number of aliphatic hydroxyl groups is 1. The summed E-state index contributed by atoms with van der Waals surface area (Å²) in [5.74, 6) is 0.469. The van der Waals surface area contributed by atoms with Gasteiger partial charge in [0, 0.05) is 0 Å². The standard InChI is InChI=1S/C16H26O/c1-16(17,15-10-6-3-7-11-15)13-12-14-8-4-2-5-9-14/h8,12-13,15,17H,2-7,9-11H2,1H3/b13-12+. The molecule has 1 unspecified atom stereocenters. The molecule has 0 bridgehead atoms. The van der Waals surface area contributed by atoms with Crippen LogP contribution in [0, 0.1) is 5.92 Å². The molecule has 0 aliphatic heterocycles. The molecule has 1 N–H and O–H groups in total. The Labute approximate surface area is 106 Å².